The summed E-state index contributed by atoms with van der Waals surface area (Å²) in [6.07, 6.45) is 5.61. The van der Waals surface area contributed by atoms with Crippen molar-refractivity contribution in [3.05, 3.63) is 12.4 Å². The molecule has 0 spiro atoms. The van der Waals surface area contributed by atoms with Gasteiger partial charge in [-0.15, -0.1) is 12.4 Å². The zero-order chi connectivity index (χ0) is 9.68. The fourth-order valence-electron chi connectivity index (χ4n) is 1.46. The third-order valence-corrected chi connectivity index (χ3v) is 2.31. The maximum absolute atomic E-state index is 2.37. The Hall–Kier alpha value is -0.410. The minimum atomic E-state index is 0. The van der Waals surface area contributed by atoms with Gasteiger partial charge in [-0.25, -0.2) is 0 Å². The Balaban J connectivity index is 0.00000169. The van der Waals surface area contributed by atoms with Crippen LogP contribution in [0, 0.1) is 0 Å². The topological polar surface area (TPSA) is 9.72 Å². The van der Waals surface area contributed by atoms with Crippen LogP contribution in [0.1, 0.15) is 13.3 Å². The van der Waals surface area contributed by atoms with Crippen LogP contribution in [0.3, 0.4) is 0 Å². The monoisotopic (exact) mass is 219 g/mol. The van der Waals surface area contributed by atoms with Gasteiger partial charge in [0.25, 0.3) is 0 Å². The summed E-state index contributed by atoms with van der Waals surface area (Å²) in [5.41, 5.74) is 0. The van der Waals surface area contributed by atoms with E-state index in [-0.39, 0.29) is 12.4 Å². The Kier molecular flexibility index (Phi) is 6.75. The van der Waals surface area contributed by atoms with Crippen molar-refractivity contribution in [1.82, 2.24) is 14.7 Å². The Morgan fingerprint density at radius 3 is 2.36 bits per heavy atom. The molecule has 1 rings (SSSR count). The SMILES string of the molecule is CCN1C=CN(CCCN(C)C)C1.Cl. The zero-order valence-electron chi connectivity index (χ0n) is 9.44. The molecule has 0 aliphatic carbocycles. The van der Waals surface area contributed by atoms with Crippen LogP contribution < -0.4 is 0 Å². The molecule has 0 fully saturated rings. The second-order valence-electron chi connectivity index (χ2n) is 3.81. The lowest BCUT2D eigenvalue weighted by Gasteiger charge is -2.20. The van der Waals surface area contributed by atoms with Crippen LogP contribution >= 0.6 is 12.4 Å². The predicted molar refractivity (Wildman–Crippen MR) is 63.5 cm³/mol. The van der Waals surface area contributed by atoms with Crippen LogP contribution in [0.2, 0.25) is 0 Å². The molecule has 1 aliphatic rings. The van der Waals surface area contributed by atoms with Crippen LogP contribution in [0.4, 0.5) is 0 Å². The van der Waals surface area contributed by atoms with E-state index >= 15 is 0 Å². The maximum atomic E-state index is 2.37. The second kappa shape index (κ2) is 6.96. The number of halogens is 1. The summed E-state index contributed by atoms with van der Waals surface area (Å²) in [5.74, 6) is 0. The fraction of sp³-hybridized carbons (Fsp3) is 0.800. The molecule has 0 aromatic rings. The first-order chi connectivity index (χ1) is 6.22. The Morgan fingerprint density at radius 1 is 1.21 bits per heavy atom. The molecule has 84 valence electrons. The van der Waals surface area contributed by atoms with Crippen molar-refractivity contribution >= 4 is 12.4 Å². The van der Waals surface area contributed by atoms with Gasteiger partial charge in [0.05, 0.1) is 6.67 Å². The average molecular weight is 220 g/mol. The van der Waals surface area contributed by atoms with Crippen molar-refractivity contribution in [2.75, 3.05) is 40.4 Å². The highest BCUT2D eigenvalue weighted by molar-refractivity contribution is 5.85. The quantitative estimate of drug-likeness (QED) is 0.693. The van der Waals surface area contributed by atoms with Crippen LogP contribution in [0.25, 0.3) is 0 Å². The van der Waals surface area contributed by atoms with Crippen molar-refractivity contribution in [2.45, 2.75) is 13.3 Å². The van der Waals surface area contributed by atoms with Crippen molar-refractivity contribution < 1.29 is 0 Å². The standard InChI is InChI=1S/C10H21N3.ClH/c1-4-12-8-9-13(10-12)7-5-6-11(2)3;/h8-9H,4-7,10H2,1-3H3;1H. The summed E-state index contributed by atoms with van der Waals surface area (Å²) in [7, 11) is 4.25. The smallest absolute Gasteiger partial charge is 0.0893 e. The van der Waals surface area contributed by atoms with Crippen molar-refractivity contribution in [1.29, 1.82) is 0 Å². The average Bonchev–Trinajstić information content (AvgIpc) is 2.52. The van der Waals surface area contributed by atoms with Gasteiger partial charge in [-0.1, -0.05) is 0 Å². The molecule has 0 saturated carbocycles. The first kappa shape index (κ1) is 13.6. The summed E-state index contributed by atoms with van der Waals surface area (Å²) in [6.45, 7) is 6.72. The Morgan fingerprint density at radius 2 is 1.86 bits per heavy atom. The van der Waals surface area contributed by atoms with Gasteiger partial charge in [0.15, 0.2) is 0 Å². The summed E-state index contributed by atoms with van der Waals surface area (Å²) in [6, 6.07) is 0. The maximum Gasteiger partial charge on any atom is 0.0893 e. The molecule has 4 heteroatoms. The number of hydrogen-bond donors (Lipinski definition) is 0. The summed E-state index contributed by atoms with van der Waals surface area (Å²) >= 11 is 0. The van der Waals surface area contributed by atoms with Gasteiger partial charge >= 0.3 is 0 Å². The van der Waals surface area contributed by atoms with E-state index in [4.69, 9.17) is 0 Å². The van der Waals surface area contributed by atoms with Gasteiger partial charge in [-0.05, 0) is 34.0 Å². The summed E-state index contributed by atoms with van der Waals surface area (Å²) in [4.78, 5) is 6.92. The molecular weight excluding hydrogens is 198 g/mol. The van der Waals surface area contributed by atoms with Gasteiger partial charge in [-0.3, -0.25) is 0 Å². The molecule has 0 atom stereocenters. The zero-order valence-corrected chi connectivity index (χ0v) is 10.3. The Labute approximate surface area is 93.8 Å². The van der Waals surface area contributed by atoms with Crippen LogP contribution in [-0.4, -0.2) is 55.1 Å². The predicted octanol–water partition coefficient (Wildman–Crippen LogP) is 1.43. The third kappa shape index (κ3) is 4.72. The van der Waals surface area contributed by atoms with E-state index in [0.29, 0.717) is 0 Å². The highest BCUT2D eigenvalue weighted by atomic mass is 35.5. The van der Waals surface area contributed by atoms with Gasteiger partial charge < -0.3 is 14.7 Å². The fourth-order valence-corrected chi connectivity index (χ4v) is 1.46. The number of hydrogen-bond acceptors (Lipinski definition) is 3. The number of nitrogens with zero attached hydrogens (tertiary/aromatic N) is 3. The minimum Gasteiger partial charge on any atom is -0.359 e. The molecule has 0 N–H and O–H groups in total. The largest absolute Gasteiger partial charge is 0.359 e. The molecule has 0 unspecified atom stereocenters. The lowest BCUT2D eigenvalue weighted by molar-refractivity contribution is 0.260. The highest BCUT2D eigenvalue weighted by Crippen LogP contribution is 2.05. The van der Waals surface area contributed by atoms with Gasteiger partial charge in [0.2, 0.25) is 0 Å². The van der Waals surface area contributed by atoms with Crippen LogP contribution in [0.5, 0.6) is 0 Å². The highest BCUT2D eigenvalue weighted by Gasteiger charge is 2.09. The van der Waals surface area contributed by atoms with Gasteiger partial charge in [-0.2, -0.15) is 0 Å². The lowest BCUT2D eigenvalue weighted by Crippen LogP contribution is -2.27. The van der Waals surface area contributed by atoms with E-state index in [9.17, 15) is 0 Å². The van der Waals surface area contributed by atoms with Crippen molar-refractivity contribution in [2.24, 2.45) is 0 Å². The second-order valence-corrected chi connectivity index (χ2v) is 3.81. The van der Waals surface area contributed by atoms with E-state index in [2.05, 4.69) is 48.1 Å². The van der Waals surface area contributed by atoms with E-state index in [0.717, 1.165) is 13.2 Å². The first-order valence-corrected chi connectivity index (χ1v) is 5.03. The lowest BCUT2D eigenvalue weighted by atomic mass is 10.4. The van der Waals surface area contributed by atoms with Crippen LogP contribution in [-0.2, 0) is 0 Å². The first-order valence-electron chi connectivity index (χ1n) is 5.03. The molecule has 0 bridgehead atoms. The van der Waals surface area contributed by atoms with Gasteiger partial charge in [0.1, 0.15) is 0 Å². The van der Waals surface area contributed by atoms with E-state index in [1.54, 1.807) is 0 Å². The normalized spacial score (nSPS) is 15.1. The molecule has 0 aromatic carbocycles. The molecule has 0 radical (unpaired) electrons. The van der Waals surface area contributed by atoms with E-state index in [1.807, 2.05) is 0 Å². The molecule has 0 aromatic heterocycles. The third-order valence-electron chi connectivity index (χ3n) is 2.31. The molecule has 1 aliphatic heterocycles. The van der Waals surface area contributed by atoms with Crippen LogP contribution in [0.15, 0.2) is 12.4 Å². The molecule has 14 heavy (non-hydrogen) atoms. The Bertz CT molecular complexity index is 171. The van der Waals surface area contributed by atoms with E-state index < -0.39 is 0 Å². The van der Waals surface area contributed by atoms with E-state index in [1.165, 1.54) is 19.5 Å². The molecule has 3 nitrogen and oxygen atoms in total. The summed E-state index contributed by atoms with van der Waals surface area (Å²) < 4.78 is 0. The van der Waals surface area contributed by atoms with Crippen molar-refractivity contribution in [3.63, 3.8) is 0 Å². The molecular formula is C10H22ClN3. The molecule has 1 heterocycles. The van der Waals surface area contributed by atoms with Crippen molar-refractivity contribution in [3.8, 4) is 0 Å². The molecule has 0 amide bonds. The minimum absolute atomic E-state index is 0. The number of rotatable bonds is 5. The summed E-state index contributed by atoms with van der Waals surface area (Å²) in [5, 5.41) is 0. The van der Waals surface area contributed by atoms with Gasteiger partial charge in [0, 0.05) is 25.5 Å². The molecule has 0 saturated heterocycles.